The van der Waals surface area contributed by atoms with Crippen molar-refractivity contribution in [3.05, 3.63) is 107 Å². The molecule has 184 valence electrons. The van der Waals surface area contributed by atoms with Crippen LogP contribution in [-0.4, -0.2) is 49.2 Å². The molecule has 1 saturated carbocycles. The van der Waals surface area contributed by atoms with Gasteiger partial charge in [-0.1, -0.05) is 72.8 Å². The van der Waals surface area contributed by atoms with Crippen molar-refractivity contribution >= 4 is 18.0 Å². The summed E-state index contributed by atoms with van der Waals surface area (Å²) in [6.07, 6.45) is 1.42. The first-order chi connectivity index (χ1) is 17.6. The number of rotatable bonds is 6. The largest absolute Gasteiger partial charge is 0.378 e. The first-order valence-electron chi connectivity index (χ1n) is 12.2. The van der Waals surface area contributed by atoms with Crippen LogP contribution < -0.4 is 5.43 Å². The highest BCUT2D eigenvalue weighted by Gasteiger charge is 2.58. The molecular formula is C29H28FN3O3. The Bertz CT molecular complexity index is 1180. The number of morpholine rings is 1. The molecule has 2 unspecified atom stereocenters. The van der Waals surface area contributed by atoms with E-state index >= 15 is 0 Å². The van der Waals surface area contributed by atoms with Crippen LogP contribution in [-0.2, 0) is 14.3 Å². The number of carbonyl (C=O) groups excluding carboxylic acids is 2. The molecule has 1 saturated heterocycles. The molecule has 36 heavy (non-hydrogen) atoms. The standard InChI is InChI=1S/C29H28FN3O3/c30-23-13-7-8-20(18-23)19-31-32-28(34)26-24(21-9-3-1-4-10-21)27(25(26)22-11-5-2-6-12-22)29(35)33-14-16-36-17-15-33/h1-13,18-19,24-27H,14-17H2,(H,32,34)/b31-19+. The summed E-state index contributed by atoms with van der Waals surface area (Å²) in [6.45, 7) is 2.13. The number of halogens is 1. The zero-order valence-corrected chi connectivity index (χ0v) is 19.8. The summed E-state index contributed by atoms with van der Waals surface area (Å²) < 4.78 is 19.0. The lowest BCUT2D eigenvalue weighted by molar-refractivity contribution is -0.151. The highest BCUT2D eigenvalue weighted by Crippen LogP contribution is 2.58. The fourth-order valence-corrected chi connectivity index (χ4v) is 5.39. The van der Waals surface area contributed by atoms with Crippen molar-refractivity contribution in [1.82, 2.24) is 10.3 Å². The topological polar surface area (TPSA) is 71.0 Å². The predicted octanol–water partition coefficient (Wildman–Crippen LogP) is 3.95. The van der Waals surface area contributed by atoms with Gasteiger partial charge in [-0.3, -0.25) is 9.59 Å². The lowest BCUT2D eigenvalue weighted by atomic mass is 9.51. The third-order valence-electron chi connectivity index (χ3n) is 7.06. The van der Waals surface area contributed by atoms with E-state index in [0.717, 1.165) is 11.1 Å². The first-order valence-corrected chi connectivity index (χ1v) is 12.2. The van der Waals surface area contributed by atoms with E-state index in [1.807, 2.05) is 65.6 Å². The van der Waals surface area contributed by atoms with Crippen molar-refractivity contribution in [2.24, 2.45) is 16.9 Å². The summed E-state index contributed by atoms with van der Waals surface area (Å²) in [4.78, 5) is 29.2. The summed E-state index contributed by atoms with van der Waals surface area (Å²) in [5.41, 5.74) is 5.10. The van der Waals surface area contributed by atoms with Crippen molar-refractivity contribution < 1.29 is 18.7 Å². The molecule has 0 aromatic heterocycles. The predicted molar refractivity (Wildman–Crippen MR) is 135 cm³/mol. The summed E-state index contributed by atoms with van der Waals surface area (Å²) in [6, 6.07) is 25.4. The van der Waals surface area contributed by atoms with Crippen molar-refractivity contribution in [3.63, 3.8) is 0 Å². The molecule has 2 aliphatic rings. The summed E-state index contributed by atoms with van der Waals surface area (Å²) in [5, 5.41) is 4.10. The first kappa shape index (κ1) is 23.9. The number of benzene rings is 3. The molecule has 6 nitrogen and oxygen atoms in total. The third-order valence-corrected chi connectivity index (χ3v) is 7.06. The molecule has 2 atom stereocenters. The van der Waals surface area contributed by atoms with E-state index < -0.39 is 5.92 Å². The zero-order chi connectivity index (χ0) is 24.9. The van der Waals surface area contributed by atoms with Crippen LogP contribution in [0.5, 0.6) is 0 Å². The van der Waals surface area contributed by atoms with Crippen LogP contribution in [0.1, 0.15) is 28.5 Å². The Balaban J connectivity index is 1.46. The minimum Gasteiger partial charge on any atom is -0.378 e. The van der Waals surface area contributed by atoms with Crippen molar-refractivity contribution in [1.29, 1.82) is 0 Å². The van der Waals surface area contributed by atoms with Gasteiger partial charge in [-0.15, -0.1) is 0 Å². The van der Waals surface area contributed by atoms with E-state index in [0.29, 0.717) is 31.9 Å². The number of nitrogens with zero attached hydrogens (tertiary/aromatic N) is 2. The van der Waals surface area contributed by atoms with Crippen LogP contribution in [0.25, 0.3) is 0 Å². The number of nitrogens with one attached hydrogen (secondary N) is 1. The highest BCUT2D eigenvalue weighted by molar-refractivity contribution is 5.91. The number of hydrogen-bond donors (Lipinski definition) is 1. The van der Waals surface area contributed by atoms with E-state index in [1.165, 1.54) is 18.3 Å². The summed E-state index contributed by atoms with van der Waals surface area (Å²) in [5.74, 6) is -2.05. The second kappa shape index (κ2) is 10.8. The Labute approximate surface area is 209 Å². The molecule has 1 heterocycles. The number of hydrazone groups is 1. The maximum atomic E-state index is 13.8. The van der Waals surface area contributed by atoms with Gasteiger partial charge in [0, 0.05) is 24.9 Å². The smallest absolute Gasteiger partial charge is 0.244 e. The van der Waals surface area contributed by atoms with Crippen LogP contribution in [0, 0.1) is 17.7 Å². The van der Waals surface area contributed by atoms with Gasteiger partial charge in [0.15, 0.2) is 0 Å². The Morgan fingerprint density at radius 1 is 0.861 bits per heavy atom. The van der Waals surface area contributed by atoms with E-state index in [-0.39, 0.29) is 35.4 Å². The lowest BCUT2D eigenvalue weighted by Crippen LogP contribution is -2.57. The van der Waals surface area contributed by atoms with E-state index in [1.54, 1.807) is 12.1 Å². The minimum absolute atomic E-state index is 0.0494. The number of amides is 2. The van der Waals surface area contributed by atoms with Gasteiger partial charge in [0.1, 0.15) is 5.82 Å². The third kappa shape index (κ3) is 4.93. The molecule has 1 aliphatic carbocycles. The van der Waals surface area contributed by atoms with Crippen LogP contribution in [0.2, 0.25) is 0 Å². The number of hydrogen-bond acceptors (Lipinski definition) is 4. The normalized spacial score (nSPS) is 23.8. The van der Waals surface area contributed by atoms with E-state index in [4.69, 9.17) is 4.74 Å². The van der Waals surface area contributed by atoms with Crippen molar-refractivity contribution in [2.75, 3.05) is 26.3 Å². The van der Waals surface area contributed by atoms with E-state index in [9.17, 15) is 14.0 Å². The van der Waals surface area contributed by atoms with Crippen LogP contribution >= 0.6 is 0 Å². The average Bonchev–Trinajstić information content (AvgIpc) is 2.90. The van der Waals surface area contributed by atoms with Gasteiger partial charge in [-0.2, -0.15) is 5.10 Å². The maximum absolute atomic E-state index is 13.8. The lowest BCUT2D eigenvalue weighted by Gasteiger charge is -2.52. The Kier molecular flexibility index (Phi) is 7.18. The van der Waals surface area contributed by atoms with Gasteiger partial charge in [0.2, 0.25) is 11.8 Å². The van der Waals surface area contributed by atoms with Gasteiger partial charge in [-0.25, -0.2) is 9.82 Å². The number of ether oxygens (including phenoxy) is 1. The molecule has 7 heteroatoms. The maximum Gasteiger partial charge on any atom is 0.244 e. The molecule has 2 fully saturated rings. The Morgan fingerprint density at radius 2 is 1.47 bits per heavy atom. The van der Waals surface area contributed by atoms with Gasteiger partial charge in [0.05, 0.1) is 31.3 Å². The quantitative estimate of drug-likeness (QED) is 0.425. The molecule has 3 aromatic rings. The van der Waals surface area contributed by atoms with Crippen LogP contribution in [0.15, 0.2) is 90.0 Å². The molecule has 0 radical (unpaired) electrons. The summed E-state index contributed by atoms with van der Waals surface area (Å²) >= 11 is 0. The van der Waals surface area contributed by atoms with Gasteiger partial charge < -0.3 is 9.64 Å². The van der Waals surface area contributed by atoms with Crippen molar-refractivity contribution in [2.45, 2.75) is 11.8 Å². The van der Waals surface area contributed by atoms with E-state index in [2.05, 4.69) is 10.5 Å². The van der Waals surface area contributed by atoms with Gasteiger partial charge in [-0.05, 0) is 28.8 Å². The molecule has 0 spiro atoms. The molecule has 5 rings (SSSR count). The van der Waals surface area contributed by atoms with Gasteiger partial charge >= 0.3 is 0 Å². The Hall–Kier alpha value is -3.84. The zero-order valence-electron chi connectivity index (χ0n) is 19.8. The molecule has 2 amide bonds. The molecule has 3 aromatic carbocycles. The second-order valence-corrected chi connectivity index (χ2v) is 9.15. The fraction of sp³-hybridized carbons (Fsp3) is 0.276. The second-order valence-electron chi connectivity index (χ2n) is 9.15. The SMILES string of the molecule is O=C(N/N=C/c1cccc(F)c1)C1C(c2ccccc2)C(C(=O)N2CCOCC2)C1c1ccccc1. The van der Waals surface area contributed by atoms with Crippen LogP contribution in [0.3, 0.4) is 0 Å². The molecular weight excluding hydrogens is 457 g/mol. The van der Waals surface area contributed by atoms with Gasteiger partial charge in [0.25, 0.3) is 0 Å². The van der Waals surface area contributed by atoms with Crippen LogP contribution in [0.4, 0.5) is 4.39 Å². The average molecular weight is 486 g/mol. The highest BCUT2D eigenvalue weighted by atomic mass is 19.1. The monoisotopic (exact) mass is 485 g/mol. The number of carbonyl (C=O) groups is 2. The fourth-order valence-electron chi connectivity index (χ4n) is 5.39. The van der Waals surface area contributed by atoms with Crippen molar-refractivity contribution in [3.8, 4) is 0 Å². The minimum atomic E-state index is -0.491. The Morgan fingerprint density at radius 3 is 2.06 bits per heavy atom. The molecule has 1 N–H and O–H groups in total. The molecule has 1 aliphatic heterocycles. The molecule has 0 bridgehead atoms. The summed E-state index contributed by atoms with van der Waals surface area (Å²) in [7, 11) is 0.